The van der Waals surface area contributed by atoms with Crippen LogP contribution in [0.15, 0.2) is 35.5 Å². The van der Waals surface area contributed by atoms with Crippen molar-refractivity contribution in [2.75, 3.05) is 19.3 Å². The smallest absolute Gasteiger partial charge is 0.245 e. The van der Waals surface area contributed by atoms with Crippen LogP contribution in [0.4, 0.5) is 0 Å². The van der Waals surface area contributed by atoms with E-state index < -0.39 is 0 Å². The Morgan fingerprint density at radius 1 is 1.10 bits per heavy atom. The van der Waals surface area contributed by atoms with E-state index in [4.69, 9.17) is 0 Å². The summed E-state index contributed by atoms with van der Waals surface area (Å²) in [7, 11) is 2.00. The van der Waals surface area contributed by atoms with Crippen LogP contribution in [0, 0.1) is 0 Å². The molecule has 2 fully saturated rings. The van der Waals surface area contributed by atoms with Gasteiger partial charge in [-0.25, -0.2) is 0 Å². The van der Waals surface area contributed by atoms with E-state index in [9.17, 15) is 4.79 Å². The summed E-state index contributed by atoms with van der Waals surface area (Å²) in [5.74, 6) is 1.11. The first-order valence-corrected chi connectivity index (χ1v) is 11.9. The number of hydrogen-bond acceptors (Lipinski definition) is 5. The molecule has 156 valence electrons. The van der Waals surface area contributed by atoms with Crippen molar-refractivity contribution in [2.45, 2.75) is 62.3 Å². The zero-order chi connectivity index (χ0) is 20.4. The van der Waals surface area contributed by atoms with Crippen molar-refractivity contribution in [1.82, 2.24) is 24.6 Å². The molecule has 0 aliphatic carbocycles. The Balaban J connectivity index is 1.67. The summed E-state index contributed by atoms with van der Waals surface area (Å²) in [6, 6.07) is 10.5. The third-order valence-corrected chi connectivity index (χ3v) is 7.14. The van der Waals surface area contributed by atoms with Crippen molar-refractivity contribution >= 4 is 17.7 Å². The van der Waals surface area contributed by atoms with Gasteiger partial charge in [0.2, 0.25) is 5.91 Å². The van der Waals surface area contributed by atoms with Gasteiger partial charge in [-0.2, -0.15) is 0 Å². The van der Waals surface area contributed by atoms with Crippen LogP contribution < -0.4 is 0 Å². The van der Waals surface area contributed by atoms with E-state index in [0.717, 1.165) is 55.3 Å². The van der Waals surface area contributed by atoms with Gasteiger partial charge in [0, 0.05) is 19.6 Å². The second-order valence-electron chi connectivity index (χ2n) is 8.19. The van der Waals surface area contributed by atoms with Crippen molar-refractivity contribution in [3.63, 3.8) is 0 Å². The maximum Gasteiger partial charge on any atom is 0.245 e. The number of benzene rings is 1. The standard InChI is InChI=1S/C22H31N5OS/c1-16-10-7-8-14-26(16)19(17-11-5-4-6-12-17)21(28)27-15-9-13-18(27)20-23-24-22(29-3)25(20)2/h4-6,11-12,16,18-19H,7-10,13-15H2,1-3H3. The molecule has 1 aromatic carbocycles. The second kappa shape index (κ2) is 8.88. The summed E-state index contributed by atoms with van der Waals surface area (Å²) < 4.78 is 2.04. The Morgan fingerprint density at radius 2 is 1.90 bits per heavy atom. The van der Waals surface area contributed by atoms with E-state index in [1.165, 1.54) is 6.42 Å². The quantitative estimate of drug-likeness (QED) is 0.698. The Hall–Kier alpha value is -1.86. The molecule has 0 saturated carbocycles. The van der Waals surface area contributed by atoms with Gasteiger partial charge in [0.25, 0.3) is 0 Å². The first-order chi connectivity index (χ1) is 14.1. The van der Waals surface area contributed by atoms with E-state index in [1.807, 2.05) is 36.1 Å². The Kier molecular flexibility index (Phi) is 6.25. The Labute approximate surface area is 177 Å². The van der Waals surface area contributed by atoms with Gasteiger partial charge in [-0.3, -0.25) is 9.69 Å². The summed E-state index contributed by atoms with van der Waals surface area (Å²) in [4.78, 5) is 18.5. The molecule has 2 aliphatic rings. The maximum atomic E-state index is 14.0. The minimum Gasteiger partial charge on any atom is -0.331 e. The summed E-state index contributed by atoms with van der Waals surface area (Å²) in [6.45, 7) is 4.03. The van der Waals surface area contributed by atoms with Gasteiger partial charge >= 0.3 is 0 Å². The Morgan fingerprint density at radius 3 is 2.59 bits per heavy atom. The highest BCUT2D eigenvalue weighted by Crippen LogP contribution is 2.37. The van der Waals surface area contributed by atoms with Gasteiger partial charge in [-0.1, -0.05) is 48.5 Å². The first-order valence-electron chi connectivity index (χ1n) is 10.7. The van der Waals surface area contributed by atoms with Crippen molar-refractivity contribution in [1.29, 1.82) is 0 Å². The second-order valence-corrected chi connectivity index (χ2v) is 8.96. The van der Waals surface area contributed by atoms with Crippen LogP contribution in [0.2, 0.25) is 0 Å². The van der Waals surface area contributed by atoms with Crippen molar-refractivity contribution in [3.8, 4) is 0 Å². The number of aromatic nitrogens is 3. The van der Waals surface area contributed by atoms with Crippen LogP contribution in [0.25, 0.3) is 0 Å². The van der Waals surface area contributed by atoms with Crippen LogP contribution in [-0.4, -0.2) is 55.9 Å². The van der Waals surface area contributed by atoms with Gasteiger partial charge < -0.3 is 9.47 Å². The molecule has 7 heteroatoms. The number of hydrogen-bond donors (Lipinski definition) is 0. The van der Waals surface area contributed by atoms with Crippen molar-refractivity contribution in [3.05, 3.63) is 41.7 Å². The van der Waals surface area contributed by atoms with E-state index in [1.54, 1.807) is 11.8 Å². The van der Waals surface area contributed by atoms with Crippen LogP contribution in [0.3, 0.4) is 0 Å². The Bertz CT molecular complexity index is 839. The van der Waals surface area contributed by atoms with Crippen LogP contribution in [0.5, 0.6) is 0 Å². The SMILES string of the molecule is CSc1nnc(C2CCCN2C(=O)C(c2ccccc2)N2CCCCC2C)n1C. The molecule has 3 unspecified atom stereocenters. The lowest BCUT2D eigenvalue weighted by Gasteiger charge is -2.41. The van der Waals surface area contributed by atoms with Crippen molar-refractivity contribution in [2.24, 2.45) is 7.05 Å². The molecule has 2 aliphatic heterocycles. The minimum atomic E-state index is -0.222. The number of nitrogens with zero attached hydrogens (tertiary/aromatic N) is 5. The van der Waals surface area contributed by atoms with E-state index in [-0.39, 0.29) is 18.0 Å². The van der Waals surface area contributed by atoms with Crippen LogP contribution >= 0.6 is 11.8 Å². The molecule has 4 rings (SSSR count). The first kappa shape index (κ1) is 20.4. The normalized spacial score (nSPS) is 24.0. The van der Waals surface area contributed by atoms with Crippen LogP contribution in [0.1, 0.15) is 62.5 Å². The number of carbonyl (C=O) groups excluding carboxylic acids is 1. The van der Waals surface area contributed by atoms with Gasteiger partial charge in [0.15, 0.2) is 11.0 Å². The molecule has 0 N–H and O–H groups in total. The molecule has 3 heterocycles. The molecule has 0 radical (unpaired) electrons. The third-order valence-electron chi connectivity index (χ3n) is 6.42. The van der Waals surface area contributed by atoms with Crippen LogP contribution in [-0.2, 0) is 11.8 Å². The molecule has 6 nitrogen and oxygen atoms in total. The molecule has 2 aromatic rings. The summed E-state index contributed by atoms with van der Waals surface area (Å²) in [6.07, 6.45) is 7.52. The number of carbonyl (C=O) groups is 1. The highest BCUT2D eigenvalue weighted by molar-refractivity contribution is 7.98. The monoisotopic (exact) mass is 413 g/mol. The lowest BCUT2D eigenvalue weighted by Crippen LogP contribution is -2.48. The highest BCUT2D eigenvalue weighted by Gasteiger charge is 2.40. The van der Waals surface area contributed by atoms with E-state index in [2.05, 4.69) is 39.1 Å². The zero-order valence-electron chi connectivity index (χ0n) is 17.6. The third kappa shape index (κ3) is 3.94. The minimum absolute atomic E-state index is 0.00667. The topological polar surface area (TPSA) is 54.3 Å². The number of likely N-dealkylation sites (tertiary alicyclic amines) is 2. The van der Waals surface area contributed by atoms with Gasteiger partial charge in [0.1, 0.15) is 6.04 Å². The summed E-state index contributed by atoms with van der Waals surface area (Å²) in [5.41, 5.74) is 1.10. The fraction of sp³-hybridized carbons (Fsp3) is 0.591. The number of piperidine rings is 1. The molecular weight excluding hydrogens is 382 g/mol. The van der Waals surface area contributed by atoms with Gasteiger partial charge in [-0.05, 0) is 51.0 Å². The average molecular weight is 414 g/mol. The molecule has 1 aromatic heterocycles. The molecule has 0 bridgehead atoms. The highest BCUT2D eigenvalue weighted by atomic mass is 32.2. The fourth-order valence-corrected chi connectivity index (χ4v) is 5.36. The number of amides is 1. The average Bonchev–Trinajstić information content (AvgIpc) is 3.36. The van der Waals surface area contributed by atoms with Gasteiger partial charge in [-0.15, -0.1) is 10.2 Å². The number of rotatable bonds is 5. The molecule has 1 amide bonds. The molecule has 3 atom stereocenters. The van der Waals surface area contributed by atoms with E-state index >= 15 is 0 Å². The zero-order valence-corrected chi connectivity index (χ0v) is 18.4. The predicted molar refractivity (Wildman–Crippen MR) is 116 cm³/mol. The van der Waals surface area contributed by atoms with E-state index in [0.29, 0.717) is 6.04 Å². The molecule has 2 saturated heterocycles. The molecule has 0 spiro atoms. The lowest BCUT2D eigenvalue weighted by atomic mass is 9.96. The van der Waals surface area contributed by atoms with Crippen molar-refractivity contribution < 1.29 is 4.79 Å². The number of thioether (sulfide) groups is 1. The molecule has 29 heavy (non-hydrogen) atoms. The van der Waals surface area contributed by atoms with Gasteiger partial charge in [0.05, 0.1) is 6.04 Å². The summed E-state index contributed by atoms with van der Waals surface area (Å²) >= 11 is 1.59. The molecular formula is C22H31N5OS. The summed E-state index contributed by atoms with van der Waals surface area (Å²) in [5, 5.41) is 9.64. The largest absolute Gasteiger partial charge is 0.331 e. The fourth-order valence-electron chi connectivity index (χ4n) is 4.87. The predicted octanol–water partition coefficient (Wildman–Crippen LogP) is 3.82. The lowest BCUT2D eigenvalue weighted by molar-refractivity contribution is -0.140. The maximum absolute atomic E-state index is 14.0.